The second-order valence-corrected chi connectivity index (χ2v) is 10.1. The summed E-state index contributed by atoms with van der Waals surface area (Å²) in [5.41, 5.74) is 0.269. The van der Waals surface area contributed by atoms with Crippen LogP contribution in [0.3, 0.4) is 0 Å². The Morgan fingerprint density at radius 3 is 2.30 bits per heavy atom. The fourth-order valence-electron chi connectivity index (χ4n) is 4.24. The lowest BCUT2D eigenvalue weighted by Crippen LogP contribution is -2.35. The monoisotopic (exact) mass is 437 g/mol. The van der Waals surface area contributed by atoms with Crippen molar-refractivity contribution in [1.82, 2.24) is 14.5 Å². The molecule has 0 bridgehead atoms. The minimum absolute atomic E-state index is 0.153. The Bertz CT molecular complexity index is 799. The maximum atomic E-state index is 13.0. The molecule has 1 aromatic carbocycles. The van der Waals surface area contributed by atoms with Crippen LogP contribution < -0.4 is 10.1 Å². The van der Waals surface area contributed by atoms with E-state index in [0.29, 0.717) is 25.4 Å². The highest BCUT2D eigenvalue weighted by atomic mass is 32.2. The van der Waals surface area contributed by atoms with Gasteiger partial charge in [-0.05, 0) is 69.9 Å². The van der Waals surface area contributed by atoms with Crippen LogP contribution in [0.25, 0.3) is 0 Å². The Morgan fingerprint density at radius 1 is 1.00 bits per heavy atom. The van der Waals surface area contributed by atoms with Gasteiger partial charge in [-0.15, -0.1) is 0 Å². The molecule has 0 aromatic heterocycles. The molecule has 3 rings (SSSR count). The van der Waals surface area contributed by atoms with E-state index >= 15 is 0 Å². The third-order valence-electron chi connectivity index (χ3n) is 6.00. The Hall–Kier alpha value is -1.64. The number of benzene rings is 1. The molecule has 1 aromatic rings. The van der Waals surface area contributed by atoms with Crippen molar-refractivity contribution in [3.63, 3.8) is 0 Å². The molecule has 2 heterocycles. The molecule has 0 atom stereocenters. The molecule has 0 aliphatic carbocycles. The zero-order chi connectivity index (χ0) is 21.4. The van der Waals surface area contributed by atoms with Crippen molar-refractivity contribution in [2.45, 2.75) is 56.3 Å². The average Bonchev–Trinajstić information content (AvgIpc) is 3.05. The number of carbonyl (C=O) groups is 1. The van der Waals surface area contributed by atoms with E-state index in [4.69, 9.17) is 4.74 Å². The summed E-state index contributed by atoms with van der Waals surface area (Å²) in [5.74, 6) is 0.0935. The number of carbonyl (C=O) groups excluding carboxylic acids is 1. The normalized spacial score (nSPS) is 19.2. The highest BCUT2D eigenvalue weighted by Gasteiger charge is 2.27. The molecule has 2 aliphatic rings. The second-order valence-electron chi connectivity index (χ2n) is 8.19. The predicted octanol–water partition coefficient (Wildman–Crippen LogP) is 2.87. The van der Waals surface area contributed by atoms with E-state index in [0.717, 1.165) is 45.3 Å². The van der Waals surface area contributed by atoms with Crippen molar-refractivity contribution in [3.05, 3.63) is 23.8 Å². The molecule has 0 unspecified atom stereocenters. The van der Waals surface area contributed by atoms with Crippen molar-refractivity contribution in [3.8, 4) is 5.75 Å². The smallest absolute Gasteiger partial charge is 0.255 e. The van der Waals surface area contributed by atoms with Gasteiger partial charge in [0.05, 0.1) is 17.6 Å². The molecule has 1 amide bonds. The number of likely N-dealkylation sites (tertiary alicyclic amines) is 1. The van der Waals surface area contributed by atoms with Gasteiger partial charge in [0.2, 0.25) is 10.0 Å². The van der Waals surface area contributed by atoms with Gasteiger partial charge in [-0.25, -0.2) is 8.42 Å². The summed E-state index contributed by atoms with van der Waals surface area (Å²) in [7, 11) is -2.10. The first-order chi connectivity index (χ1) is 14.5. The fourth-order valence-corrected chi connectivity index (χ4v) is 5.78. The maximum absolute atomic E-state index is 13.0. The Labute approximate surface area is 180 Å². The van der Waals surface area contributed by atoms with Crippen LogP contribution in [0.5, 0.6) is 5.75 Å². The minimum atomic E-state index is -3.60. The van der Waals surface area contributed by atoms with Gasteiger partial charge in [0.15, 0.2) is 0 Å². The number of piperidine rings is 1. The molecule has 0 radical (unpaired) electrons. The SMILES string of the molecule is COc1ccc(S(=O)(=O)N2CCCCC2)cc1C(=O)NCCCN1CCCCCC1. The summed E-state index contributed by atoms with van der Waals surface area (Å²) in [6.45, 7) is 4.87. The van der Waals surface area contributed by atoms with E-state index in [9.17, 15) is 13.2 Å². The van der Waals surface area contributed by atoms with Gasteiger partial charge in [-0.1, -0.05) is 19.3 Å². The molecule has 30 heavy (non-hydrogen) atoms. The summed E-state index contributed by atoms with van der Waals surface area (Å²) < 4.78 is 32.8. The van der Waals surface area contributed by atoms with Crippen LogP contribution >= 0.6 is 0 Å². The highest BCUT2D eigenvalue weighted by Crippen LogP contribution is 2.26. The molecule has 0 spiro atoms. The minimum Gasteiger partial charge on any atom is -0.496 e. The summed E-state index contributed by atoms with van der Waals surface area (Å²) in [5, 5.41) is 2.93. The van der Waals surface area contributed by atoms with Crippen molar-refractivity contribution >= 4 is 15.9 Å². The molecule has 2 saturated heterocycles. The molecule has 7 nitrogen and oxygen atoms in total. The number of hydrogen-bond acceptors (Lipinski definition) is 5. The van der Waals surface area contributed by atoms with E-state index in [1.54, 1.807) is 6.07 Å². The highest BCUT2D eigenvalue weighted by molar-refractivity contribution is 7.89. The maximum Gasteiger partial charge on any atom is 0.255 e. The van der Waals surface area contributed by atoms with E-state index < -0.39 is 10.0 Å². The summed E-state index contributed by atoms with van der Waals surface area (Å²) in [4.78, 5) is 15.4. The van der Waals surface area contributed by atoms with E-state index in [-0.39, 0.29) is 16.4 Å². The molecule has 1 N–H and O–H groups in total. The van der Waals surface area contributed by atoms with Crippen LogP contribution in [0.15, 0.2) is 23.1 Å². The number of methoxy groups -OCH3 is 1. The topological polar surface area (TPSA) is 79.0 Å². The average molecular weight is 438 g/mol. The number of nitrogens with zero attached hydrogens (tertiary/aromatic N) is 2. The quantitative estimate of drug-likeness (QED) is 0.633. The van der Waals surface area contributed by atoms with Gasteiger partial charge in [-0.3, -0.25) is 4.79 Å². The van der Waals surface area contributed by atoms with Crippen LogP contribution in [0.4, 0.5) is 0 Å². The van der Waals surface area contributed by atoms with Gasteiger partial charge >= 0.3 is 0 Å². The van der Waals surface area contributed by atoms with E-state index in [1.807, 2.05) is 0 Å². The van der Waals surface area contributed by atoms with Crippen LogP contribution in [0.1, 0.15) is 61.7 Å². The number of sulfonamides is 1. The molecule has 8 heteroatoms. The lowest BCUT2D eigenvalue weighted by atomic mass is 10.2. The van der Waals surface area contributed by atoms with Crippen LogP contribution in [0, 0.1) is 0 Å². The molecule has 2 aliphatic heterocycles. The van der Waals surface area contributed by atoms with E-state index in [1.165, 1.54) is 49.2 Å². The van der Waals surface area contributed by atoms with E-state index in [2.05, 4.69) is 10.2 Å². The molecule has 168 valence electrons. The van der Waals surface area contributed by atoms with Crippen LogP contribution in [-0.4, -0.2) is 69.9 Å². The van der Waals surface area contributed by atoms with Gasteiger partial charge in [-0.2, -0.15) is 4.31 Å². The summed E-state index contributed by atoms with van der Waals surface area (Å²) in [6, 6.07) is 4.55. The Morgan fingerprint density at radius 2 is 1.63 bits per heavy atom. The molecular formula is C22H35N3O4S. The Kier molecular flexibility index (Phi) is 8.53. The fraction of sp³-hybridized carbons (Fsp3) is 0.682. The van der Waals surface area contributed by atoms with Crippen molar-refractivity contribution in [1.29, 1.82) is 0 Å². The number of hydrogen-bond donors (Lipinski definition) is 1. The van der Waals surface area contributed by atoms with Crippen LogP contribution in [-0.2, 0) is 10.0 Å². The van der Waals surface area contributed by atoms with Crippen molar-refractivity contribution in [2.24, 2.45) is 0 Å². The summed E-state index contributed by atoms with van der Waals surface area (Å²) >= 11 is 0. The van der Waals surface area contributed by atoms with Crippen molar-refractivity contribution < 1.29 is 17.9 Å². The number of rotatable bonds is 8. The first-order valence-corrected chi connectivity index (χ1v) is 12.6. The van der Waals surface area contributed by atoms with Gasteiger partial charge in [0, 0.05) is 19.6 Å². The third-order valence-corrected chi connectivity index (χ3v) is 7.90. The first-order valence-electron chi connectivity index (χ1n) is 11.2. The second kappa shape index (κ2) is 11.1. The first kappa shape index (κ1) is 23.0. The molecule has 2 fully saturated rings. The standard InChI is InChI=1S/C22H35N3O4S/c1-29-21-11-10-19(30(27,28)25-16-7-4-8-17-25)18-20(21)22(26)23-12-9-15-24-13-5-2-3-6-14-24/h10-11,18H,2-9,12-17H2,1H3,(H,23,26). The van der Waals surface area contributed by atoms with Gasteiger partial charge in [0.1, 0.15) is 5.75 Å². The zero-order valence-corrected chi connectivity index (χ0v) is 18.9. The molecule has 0 saturated carbocycles. The van der Waals surface area contributed by atoms with Crippen LogP contribution in [0.2, 0.25) is 0 Å². The summed E-state index contributed by atoms with van der Waals surface area (Å²) in [6.07, 6.45) is 8.80. The number of amides is 1. The predicted molar refractivity (Wildman–Crippen MR) is 117 cm³/mol. The number of ether oxygens (including phenoxy) is 1. The lowest BCUT2D eigenvalue weighted by molar-refractivity contribution is 0.0948. The van der Waals surface area contributed by atoms with Gasteiger partial charge in [0.25, 0.3) is 5.91 Å². The number of nitrogens with one attached hydrogen (secondary N) is 1. The van der Waals surface area contributed by atoms with Gasteiger partial charge < -0.3 is 15.0 Å². The van der Waals surface area contributed by atoms with Crippen molar-refractivity contribution in [2.75, 3.05) is 46.4 Å². The lowest BCUT2D eigenvalue weighted by Gasteiger charge is -2.26. The Balaban J connectivity index is 1.62. The third kappa shape index (κ3) is 5.95. The largest absolute Gasteiger partial charge is 0.496 e. The zero-order valence-electron chi connectivity index (χ0n) is 18.1. The molecular weight excluding hydrogens is 402 g/mol.